The van der Waals surface area contributed by atoms with E-state index in [9.17, 15) is 0 Å². The third-order valence-electron chi connectivity index (χ3n) is 2.88. The Bertz CT molecular complexity index is 537. The van der Waals surface area contributed by atoms with Gasteiger partial charge in [0, 0.05) is 12.7 Å². The Labute approximate surface area is 117 Å². The van der Waals surface area contributed by atoms with Crippen molar-refractivity contribution in [2.45, 2.75) is 19.5 Å². The fourth-order valence-corrected chi connectivity index (χ4v) is 2.18. The van der Waals surface area contributed by atoms with Crippen molar-refractivity contribution in [1.29, 1.82) is 0 Å². The highest BCUT2D eigenvalue weighted by Crippen LogP contribution is 2.28. The van der Waals surface area contributed by atoms with Gasteiger partial charge in [0.2, 0.25) is 0 Å². The van der Waals surface area contributed by atoms with Crippen molar-refractivity contribution in [3.8, 4) is 0 Å². The quantitative estimate of drug-likeness (QED) is 0.931. The van der Waals surface area contributed by atoms with Gasteiger partial charge >= 0.3 is 0 Å². The molecule has 0 amide bonds. The predicted octanol–water partition coefficient (Wildman–Crippen LogP) is 3.52. The Morgan fingerprint density at radius 2 is 2.11 bits per heavy atom. The smallest absolute Gasteiger partial charge is 0.0950 e. The minimum absolute atomic E-state index is 0.0209. The molecule has 0 spiro atoms. The summed E-state index contributed by atoms with van der Waals surface area (Å²) in [5.41, 5.74) is 2.02. The summed E-state index contributed by atoms with van der Waals surface area (Å²) in [4.78, 5) is 4.41. The third kappa shape index (κ3) is 2.69. The van der Waals surface area contributed by atoms with E-state index in [0.29, 0.717) is 10.0 Å². The molecule has 5 heteroatoms. The number of imidazole rings is 1. The molecular weight excluding hydrogens is 269 g/mol. The molecule has 1 heterocycles. The van der Waals surface area contributed by atoms with Crippen LogP contribution in [0.15, 0.2) is 30.7 Å². The molecule has 0 aliphatic heterocycles. The van der Waals surface area contributed by atoms with Crippen LogP contribution in [0.3, 0.4) is 0 Å². The molecule has 1 unspecified atom stereocenters. The van der Waals surface area contributed by atoms with Crippen LogP contribution in [0.4, 0.5) is 0 Å². The van der Waals surface area contributed by atoms with Crippen molar-refractivity contribution >= 4 is 23.2 Å². The first-order valence-electron chi connectivity index (χ1n) is 5.79. The van der Waals surface area contributed by atoms with Gasteiger partial charge in [-0.25, -0.2) is 4.98 Å². The van der Waals surface area contributed by atoms with E-state index in [2.05, 4.69) is 17.2 Å². The molecule has 1 N–H and O–H groups in total. The van der Waals surface area contributed by atoms with Crippen molar-refractivity contribution in [3.63, 3.8) is 0 Å². The number of aryl methyl sites for hydroxylation is 1. The zero-order valence-electron chi connectivity index (χ0n) is 10.3. The molecule has 18 heavy (non-hydrogen) atoms. The Morgan fingerprint density at radius 1 is 1.33 bits per heavy atom. The first kappa shape index (κ1) is 13.4. The summed E-state index contributed by atoms with van der Waals surface area (Å²) in [6.45, 7) is 2.99. The van der Waals surface area contributed by atoms with E-state index in [1.54, 1.807) is 6.07 Å². The number of hydrogen-bond acceptors (Lipinski definition) is 2. The molecule has 0 fully saturated rings. The van der Waals surface area contributed by atoms with Gasteiger partial charge < -0.3 is 9.88 Å². The highest BCUT2D eigenvalue weighted by molar-refractivity contribution is 6.42. The standard InChI is InChI=1S/C13H15Cl2N3/c1-3-18-7-12(17-8-18)13(16-2)9-4-5-10(14)11(15)6-9/h4-8,13,16H,3H2,1-2H3. The van der Waals surface area contributed by atoms with Gasteiger partial charge in [-0.2, -0.15) is 0 Å². The number of rotatable bonds is 4. The Morgan fingerprint density at radius 3 is 2.67 bits per heavy atom. The summed E-state index contributed by atoms with van der Waals surface area (Å²) in [5.74, 6) is 0. The maximum absolute atomic E-state index is 6.05. The molecule has 0 bridgehead atoms. The van der Waals surface area contributed by atoms with E-state index in [1.165, 1.54) is 0 Å². The third-order valence-corrected chi connectivity index (χ3v) is 3.62. The van der Waals surface area contributed by atoms with E-state index < -0.39 is 0 Å². The lowest BCUT2D eigenvalue weighted by atomic mass is 10.0. The van der Waals surface area contributed by atoms with Gasteiger partial charge in [0.05, 0.1) is 28.1 Å². The zero-order valence-corrected chi connectivity index (χ0v) is 11.8. The molecule has 0 saturated carbocycles. The van der Waals surface area contributed by atoms with Crippen LogP contribution >= 0.6 is 23.2 Å². The lowest BCUT2D eigenvalue weighted by molar-refractivity contribution is 0.672. The average molecular weight is 284 g/mol. The van der Waals surface area contributed by atoms with Gasteiger partial charge in [0.25, 0.3) is 0 Å². The molecule has 1 atom stereocenters. The molecule has 0 aliphatic carbocycles. The minimum Gasteiger partial charge on any atom is -0.337 e. The SMILES string of the molecule is CCn1cnc(C(NC)c2ccc(Cl)c(Cl)c2)c1. The van der Waals surface area contributed by atoms with Gasteiger partial charge in [-0.05, 0) is 31.7 Å². The zero-order chi connectivity index (χ0) is 13.1. The molecule has 96 valence electrons. The van der Waals surface area contributed by atoms with Crippen LogP contribution in [0.5, 0.6) is 0 Å². The highest BCUT2D eigenvalue weighted by Gasteiger charge is 2.15. The van der Waals surface area contributed by atoms with E-state index in [-0.39, 0.29) is 6.04 Å². The van der Waals surface area contributed by atoms with E-state index in [4.69, 9.17) is 23.2 Å². The van der Waals surface area contributed by atoms with Crippen LogP contribution in [0.25, 0.3) is 0 Å². The van der Waals surface area contributed by atoms with Crippen molar-refractivity contribution in [2.75, 3.05) is 7.05 Å². The molecule has 3 nitrogen and oxygen atoms in total. The van der Waals surface area contributed by atoms with Crippen molar-refractivity contribution in [1.82, 2.24) is 14.9 Å². The number of nitrogens with one attached hydrogen (secondary N) is 1. The minimum atomic E-state index is 0.0209. The van der Waals surface area contributed by atoms with Crippen LogP contribution < -0.4 is 5.32 Å². The summed E-state index contributed by atoms with van der Waals surface area (Å²) >= 11 is 12.0. The number of aromatic nitrogens is 2. The van der Waals surface area contributed by atoms with Gasteiger partial charge in [-0.1, -0.05) is 29.3 Å². The van der Waals surface area contributed by atoms with Gasteiger partial charge in [-0.3, -0.25) is 0 Å². The topological polar surface area (TPSA) is 29.9 Å². The fourth-order valence-electron chi connectivity index (χ4n) is 1.88. The summed E-state index contributed by atoms with van der Waals surface area (Å²) in [6.07, 6.45) is 3.86. The summed E-state index contributed by atoms with van der Waals surface area (Å²) in [6, 6.07) is 5.66. The molecule has 1 aromatic carbocycles. The Hall–Kier alpha value is -1.03. The molecular formula is C13H15Cl2N3. The first-order chi connectivity index (χ1) is 8.65. The second-order valence-corrected chi connectivity index (χ2v) is 4.84. The highest BCUT2D eigenvalue weighted by atomic mass is 35.5. The van der Waals surface area contributed by atoms with E-state index in [1.807, 2.05) is 36.3 Å². The van der Waals surface area contributed by atoms with Crippen LogP contribution in [-0.2, 0) is 6.54 Å². The number of halogens is 2. The van der Waals surface area contributed by atoms with Crippen LogP contribution in [0.1, 0.15) is 24.2 Å². The largest absolute Gasteiger partial charge is 0.337 e. The van der Waals surface area contributed by atoms with Crippen LogP contribution in [-0.4, -0.2) is 16.6 Å². The Kier molecular flexibility index (Phi) is 4.27. The maximum atomic E-state index is 6.05. The molecule has 1 aromatic heterocycles. The van der Waals surface area contributed by atoms with Crippen molar-refractivity contribution < 1.29 is 0 Å². The van der Waals surface area contributed by atoms with Crippen LogP contribution in [0, 0.1) is 0 Å². The first-order valence-corrected chi connectivity index (χ1v) is 6.55. The molecule has 0 aliphatic rings. The van der Waals surface area contributed by atoms with E-state index in [0.717, 1.165) is 17.8 Å². The van der Waals surface area contributed by atoms with E-state index >= 15 is 0 Å². The van der Waals surface area contributed by atoms with Gasteiger partial charge in [0.15, 0.2) is 0 Å². The number of benzene rings is 1. The van der Waals surface area contributed by atoms with Crippen molar-refractivity contribution in [3.05, 3.63) is 52.0 Å². The molecule has 0 radical (unpaired) electrons. The summed E-state index contributed by atoms with van der Waals surface area (Å²) in [5, 5.41) is 4.36. The Balaban J connectivity index is 2.35. The lowest BCUT2D eigenvalue weighted by Crippen LogP contribution is -2.18. The van der Waals surface area contributed by atoms with Crippen LogP contribution in [0.2, 0.25) is 10.0 Å². The summed E-state index contributed by atoms with van der Waals surface area (Å²) < 4.78 is 2.04. The fraction of sp³-hybridized carbons (Fsp3) is 0.308. The average Bonchev–Trinajstić information content (AvgIpc) is 2.83. The molecule has 0 saturated heterocycles. The number of nitrogens with zero attached hydrogens (tertiary/aromatic N) is 2. The predicted molar refractivity (Wildman–Crippen MR) is 75.3 cm³/mol. The second kappa shape index (κ2) is 5.74. The normalized spacial score (nSPS) is 12.7. The monoisotopic (exact) mass is 283 g/mol. The molecule has 2 rings (SSSR count). The summed E-state index contributed by atoms with van der Waals surface area (Å²) in [7, 11) is 1.90. The number of hydrogen-bond donors (Lipinski definition) is 1. The maximum Gasteiger partial charge on any atom is 0.0950 e. The molecule has 2 aromatic rings. The second-order valence-electron chi connectivity index (χ2n) is 4.02. The van der Waals surface area contributed by atoms with Gasteiger partial charge in [0.1, 0.15) is 0 Å². The van der Waals surface area contributed by atoms with Gasteiger partial charge in [-0.15, -0.1) is 0 Å². The van der Waals surface area contributed by atoms with Crippen molar-refractivity contribution in [2.24, 2.45) is 0 Å². The lowest BCUT2D eigenvalue weighted by Gasteiger charge is -2.15.